The first-order valence-electron chi connectivity index (χ1n) is 6.83. The van der Waals surface area contributed by atoms with Crippen molar-refractivity contribution in [2.45, 2.75) is 44.8 Å². The van der Waals surface area contributed by atoms with Gasteiger partial charge in [0.05, 0.1) is 11.0 Å². The number of nitrogens with zero attached hydrogens (tertiary/aromatic N) is 1. The minimum absolute atomic E-state index is 0.0389. The van der Waals surface area contributed by atoms with Crippen LogP contribution in [0.5, 0.6) is 5.75 Å². The van der Waals surface area contributed by atoms with Crippen LogP contribution in [0.15, 0.2) is 18.2 Å². The molecule has 1 amide bonds. The average Bonchev–Trinajstić information content (AvgIpc) is 2.40. The fourth-order valence-corrected chi connectivity index (χ4v) is 2.53. The topological polar surface area (TPSA) is 81.5 Å². The molecule has 7 heteroatoms. The van der Waals surface area contributed by atoms with E-state index in [1.165, 1.54) is 6.92 Å². The number of carbonyl (C=O) groups excluding carboxylic acids is 1. The molecule has 0 saturated heterocycles. The highest BCUT2D eigenvalue weighted by Crippen LogP contribution is 2.31. The summed E-state index contributed by atoms with van der Waals surface area (Å²) in [6.07, 6.45) is 2.62. The molecular formula is C14H17FN2O4. The lowest BCUT2D eigenvalue weighted by molar-refractivity contribution is -0.386. The molecule has 0 unspecified atom stereocenters. The summed E-state index contributed by atoms with van der Waals surface area (Å²) in [7, 11) is 0. The number of benzene rings is 1. The Morgan fingerprint density at radius 1 is 1.38 bits per heavy atom. The first-order chi connectivity index (χ1) is 9.95. The highest BCUT2D eigenvalue weighted by molar-refractivity contribution is 5.73. The molecule has 1 saturated carbocycles. The third-order valence-corrected chi connectivity index (χ3v) is 3.49. The molecule has 0 atom stereocenters. The van der Waals surface area contributed by atoms with E-state index in [1.54, 1.807) is 0 Å². The molecule has 1 fully saturated rings. The van der Waals surface area contributed by atoms with Crippen LogP contribution in [0.2, 0.25) is 0 Å². The van der Waals surface area contributed by atoms with Crippen LogP contribution < -0.4 is 10.1 Å². The molecular weight excluding hydrogens is 279 g/mol. The Kier molecular flexibility index (Phi) is 4.72. The van der Waals surface area contributed by atoms with Crippen LogP contribution in [0.3, 0.4) is 0 Å². The predicted octanol–water partition coefficient (Wildman–Crippen LogP) is 2.56. The summed E-state index contributed by atoms with van der Waals surface area (Å²) in [6, 6.07) is 3.30. The van der Waals surface area contributed by atoms with Crippen LogP contribution in [0.4, 0.5) is 10.1 Å². The normalized spacial score (nSPS) is 21.6. The third kappa shape index (κ3) is 4.14. The van der Waals surface area contributed by atoms with E-state index >= 15 is 0 Å². The molecule has 0 heterocycles. The van der Waals surface area contributed by atoms with E-state index < -0.39 is 10.7 Å². The fraction of sp³-hybridized carbons (Fsp3) is 0.500. The second-order valence-electron chi connectivity index (χ2n) is 5.16. The molecule has 0 bridgehead atoms. The molecule has 0 radical (unpaired) electrons. The first kappa shape index (κ1) is 15.2. The SMILES string of the molecule is CC(=O)N[C@H]1CC[C@H](Oc2cc(F)ccc2[N+](=O)[O-])CC1. The maximum absolute atomic E-state index is 13.2. The van der Waals surface area contributed by atoms with Gasteiger partial charge < -0.3 is 10.1 Å². The van der Waals surface area contributed by atoms with Crippen molar-refractivity contribution in [2.75, 3.05) is 0 Å². The number of hydrogen-bond acceptors (Lipinski definition) is 4. The molecule has 1 aliphatic rings. The van der Waals surface area contributed by atoms with Crippen molar-refractivity contribution >= 4 is 11.6 Å². The molecule has 0 spiro atoms. The zero-order valence-electron chi connectivity index (χ0n) is 11.7. The van der Waals surface area contributed by atoms with Gasteiger partial charge in [0.25, 0.3) is 0 Å². The first-order valence-corrected chi connectivity index (χ1v) is 6.83. The molecule has 1 aromatic carbocycles. The molecule has 114 valence electrons. The average molecular weight is 296 g/mol. The van der Waals surface area contributed by atoms with E-state index in [9.17, 15) is 19.3 Å². The standard InChI is InChI=1S/C14H17FN2O4/c1-9(18)16-11-3-5-12(6-4-11)21-14-8-10(15)2-7-13(14)17(19)20/h2,7-8,11-12H,3-6H2,1H3,(H,16,18)/t11-,12-. The van der Waals surface area contributed by atoms with Crippen LogP contribution in [0, 0.1) is 15.9 Å². The molecule has 2 rings (SSSR count). The second kappa shape index (κ2) is 6.51. The third-order valence-electron chi connectivity index (χ3n) is 3.49. The van der Waals surface area contributed by atoms with Gasteiger partial charge in [-0.1, -0.05) is 0 Å². The van der Waals surface area contributed by atoms with Gasteiger partial charge in [-0.15, -0.1) is 0 Å². The molecule has 0 aromatic heterocycles. The van der Waals surface area contributed by atoms with E-state index in [4.69, 9.17) is 4.74 Å². The van der Waals surface area contributed by atoms with E-state index in [0.717, 1.165) is 31.0 Å². The van der Waals surface area contributed by atoms with Gasteiger partial charge in [0.1, 0.15) is 5.82 Å². The lowest BCUT2D eigenvalue weighted by Crippen LogP contribution is -2.38. The summed E-state index contributed by atoms with van der Waals surface area (Å²) in [4.78, 5) is 21.3. The summed E-state index contributed by atoms with van der Waals surface area (Å²) in [6.45, 7) is 1.47. The van der Waals surface area contributed by atoms with Gasteiger partial charge in [0.2, 0.25) is 5.91 Å². The number of nitro groups is 1. The molecule has 1 aliphatic carbocycles. The highest BCUT2D eigenvalue weighted by atomic mass is 19.1. The minimum atomic E-state index is -0.586. The Labute approximate surface area is 121 Å². The van der Waals surface area contributed by atoms with Gasteiger partial charge in [0, 0.05) is 25.1 Å². The number of rotatable bonds is 4. The Bertz CT molecular complexity index is 542. The zero-order valence-corrected chi connectivity index (χ0v) is 11.7. The summed E-state index contributed by atoms with van der Waals surface area (Å²) >= 11 is 0. The van der Waals surface area contributed by atoms with Crippen LogP contribution in [0.25, 0.3) is 0 Å². The van der Waals surface area contributed by atoms with E-state index in [0.29, 0.717) is 12.8 Å². The number of ether oxygens (including phenoxy) is 1. The van der Waals surface area contributed by atoms with Crippen molar-refractivity contribution in [3.05, 3.63) is 34.1 Å². The van der Waals surface area contributed by atoms with Gasteiger partial charge in [-0.25, -0.2) is 4.39 Å². The number of nitro benzene ring substituents is 1. The summed E-state index contributed by atoms with van der Waals surface area (Å²) in [5.74, 6) is -0.675. The maximum atomic E-state index is 13.2. The van der Waals surface area contributed by atoms with Gasteiger partial charge >= 0.3 is 5.69 Å². The Hall–Kier alpha value is -2.18. The number of nitrogens with one attached hydrogen (secondary N) is 1. The Morgan fingerprint density at radius 3 is 2.62 bits per heavy atom. The monoisotopic (exact) mass is 296 g/mol. The summed E-state index contributed by atoms with van der Waals surface area (Å²) < 4.78 is 18.8. The minimum Gasteiger partial charge on any atom is -0.483 e. The quantitative estimate of drug-likeness (QED) is 0.684. The molecule has 21 heavy (non-hydrogen) atoms. The maximum Gasteiger partial charge on any atom is 0.311 e. The summed E-state index contributed by atoms with van der Waals surface area (Å²) in [5, 5.41) is 13.7. The highest BCUT2D eigenvalue weighted by Gasteiger charge is 2.25. The van der Waals surface area contributed by atoms with Crippen LogP contribution in [0.1, 0.15) is 32.6 Å². The number of halogens is 1. The van der Waals surface area contributed by atoms with Gasteiger partial charge in [-0.05, 0) is 31.7 Å². The number of hydrogen-bond donors (Lipinski definition) is 1. The molecule has 1 aromatic rings. The van der Waals surface area contributed by atoms with Crippen molar-refractivity contribution in [2.24, 2.45) is 0 Å². The number of carbonyl (C=O) groups is 1. The van der Waals surface area contributed by atoms with Crippen molar-refractivity contribution < 1.29 is 18.8 Å². The summed E-state index contributed by atoms with van der Waals surface area (Å²) in [5.41, 5.74) is -0.236. The van der Waals surface area contributed by atoms with Gasteiger partial charge in [-0.2, -0.15) is 0 Å². The van der Waals surface area contributed by atoms with Crippen molar-refractivity contribution in [3.8, 4) is 5.75 Å². The van der Waals surface area contributed by atoms with E-state index in [2.05, 4.69) is 5.32 Å². The Balaban J connectivity index is 1.99. The van der Waals surface area contributed by atoms with Crippen molar-refractivity contribution in [1.29, 1.82) is 0 Å². The molecule has 0 aliphatic heterocycles. The van der Waals surface area contributed by atoms with Crippen molar-refractivity contribution in [1.82, 2.24) is 5.32 Å². The second-order valence-corrected chi connectivity index (χ2v) is 5.16. The fourth-order valence-electron chi connectivity index (χ4n) is 2.53. The molecule has 1 N–H and O–H groups in total. The lowest BCUT2D eigenvalue weighted by atomic mass is 9.93. The van der Waals surface area contributed by atoms with E-state index in [1.807, 2.05) is 0 Å². The van der Waals surface area contributed by atoms with E-state index in [-0.39, 0.29) is 29.5 Å². The van der Waals surface area contributed by atoms with Crippen LogP contribution in [-0.2, 0) is 4.79 Å². The van der Waals surface area contributed by atoms with Gasteiger partial charge in [-0.3, -0.25) is 14.9 Å². The lowest BCUT2D eigenvalue weighted by Gasteiger charge is -2.29. The van der Waals surface area contributed by atoms with Crippen LogP contribution >= 0.6 is 0 Å². The van der Waals surface area contributed by atoms with Crippen molar-refractivity contribution in [3.63, 3.8) is 0 Å². The largest absolute Gasteiger partial charge is 0.483 e. The smallest absolute Gasteiger partial charge is 0.311 e. The van der Waals surface area contributed by atoms with Crippen LogP contribution in [-0.4, -0.2) is 23.0 Å². The van der Waals surface area contributed by atoms with Gasteiger partial charge in [0.15, 0.2) is 5.75 Å². The Morgan fingerprint density at radius 2 is 2.05 bits per heavy atom. The predicted molar refractivity (Wildman–Crippen MR) is 73.5 cm³/mol. The zero-order chi connectivity index (χ0) is 15.4. The number of amides is 1. The molecule has 6 nitrogen and oxygen atoms in total.